The van der Waals surface area contributed by atoms with Crippen LogP contribution in [0.4, 0.5) is 4.39 Å². The third-order valence-electron chi connectivity index (χ3n) is 3.24. The minimum Gasteiger partial charge on any atom is -0.484 e. The number of nitrogens with one attached hydrogen (secondary N) is 1. The molecular weight excluding hydrogens is 269 g/mol. The van der Waals surface area contributed by atoms with Crippen LogP contribution in [0.2, 0.25) is 0 Å². The molecular formula is C16H22FN3O. The van der Waals surface area contributed by atoms with Gasteiger partial charge in [-0.25, -0.2) is 9.37 Å². The summed E-state index contributed by atoms with van der Waals surface area (Å²) in [6, 6.07) is 5.01. The van der Waals surface area contributed by atoms with Crippen molar-refractivity contribution in [3.05, 3.63) is 47.8 Å². The van der Waals surface area contributed by atoms with Gasteiger partial charge in [0.15, 0.2) is 11.6 Å². The van der Waals surface area contributed by atoms with Crippen molar-refractivity contribution in [3.63, 3.8) is 0 Å². The number of hydrogen-bond acceptors (Lipinski definition) is 3. The zero-order chi connectivity index (χ0) is 15.1. The van der Waals surface area contributed by atoms with Crippen LogP contribution < -0.4 is 10.1 Å². The Morgan fingerprint density at radius 1 is 1.33 bits per heavy atom. The lowest BCUT2D eigenvalue weighted by Gasteiger charge is -2.13. The highest BCUT2D eigenvalue weighted by molar-refractivity contribution is 5.35. The van der Waals surface area contributed by atoms with E-state index in [2.05, 4.69) is 17.2 Å². The zero-order valence-corrected chi connectivity index (χ0v) is 12.6. The van der Waals surface area contributed by atoms with Gasteiger partial charge in [-0.1, -0.05) is 26.0 Å². The standard InChI is InChI=1S/C16H22FN3O/c1-3-8-20-12-19-10-14(20)11-21-16-13(9-18-4-2)6-5-7-15(16)17/h5-7,10,12,18H,3-4,8-9,11H2,1-2H3. The minimum absolute atomic E-state index is 0.320. The Labute approximate surface area is 125 Å². The van der Waals surface area contributed by atoms with Gasteiger partial charge in [-0.15, -0.1) is 0 Å². The van der Waals surface area contributed by atoms with E-state index < -0.39 is 0 Å². The summed E-state index contributed by atoms with van der Waals surface area (Å²) < 4.78 is 21.7. The number of nitrogens with zero attached hydrogens (tertiary/aromatic N) is 2. The summed E-state index contributed by atoms with van der Waals surface area (Å²) in [7, 11) is 0. The summed E-state index contributed by atoms with van der Waals surface area (Å²) in [4.78, 5) is 4.12. The molecule has 0 aliphatic heterocycles. The predicted octanol–water partition coefficient (Wildman–Crippen LogP) is 3.12. The Bertz CT molecular complexity index is 568. The molecule has 0 amide bonds. The van der Waals surface area contributed by atoms with Crippen molar-refractivity contribution < 1.29 is 9.13 Å². The molecule has 1 aromatic heterocycles. The van der Waals surface area contributed by atoms with Crippen LogP contribution >= 0.6 is 0 Å². The highest BCUT2D eigenvalue weighted by Crippen LogP contribution is 2.23. The van der Waals surface area contributed by atoms with Gasteiger partial charge in [-0.2, -0.15) is 0 Å². The number of aryl methyl sites for hydroxylation is 1. The molecule has 0 bridgehead atoms. The molecule has 4 nitrogen and oxygen atoms in total. The largest absolute Gasteiger partial charge is 0.484 e. The lowest BCUT2D eigenvalue weighted by molar-refractivity contribution is 0.276. The van der Waals surface area contributed by atoms with Gasteiger partial charge in [-0.05, 0) is 19.0 Å². The number of benzene rings is 1. The van der Waals surface area contributed by atoms with E-state index in [9.17, 15) is 4.39 Å². The number of aromatic nitrogens is 2. The topological polar surface area (TPSA) is 39.1 Å². The van der Waals surface area contributed by atoms with E-state index in [4.69, 9.17) is 4.74 Å². The fourth-order valence-corrected chi connectivity index (χ4v) is 2.17. The number of rotatable bonds is 8. The Balaban J connectivity index is 2.10. The molecule has 114 valence electrons. The van der Waals surface area contributed by atoms with Crippen molar-refractivity contribution in [2.45, 2.75) is 40.0 Å². The molecule has 0 fully saturated rings. The van der Waals surface area contributed by atoms with Gasteiger partial charge >= 0.3 is 0 Å². The van der Waals surface area contributed by atoms with Crippen molar-refractivity contribution in [2.24, 2.45) is 0 Å². The van der Waals surface area contributed by atoms with Crippen LogP contribution in [0.3, 0.4) is 0 Å². The molecule has 1 aromatic carbocycles. The van der Waals surface area contributed by atoms with E-state index in [-0.39, 0.29) is 5.82 Å². The van der Waals surface area contributed by atoms with Crippen molar-refractivity contribution in [1.29, 1.82) is 0 Å². The van der Waals surface area contributed by atoms with Gasteiger partial charge in [0, 0.05) is 18.7 Å². The Morgan fingerprint density at radius 2 is 2.19 bits per heavy atom. The fraction of sp³-hybridized carbons (Fsp3) is 0.438. The van der Waals surface area contributed by atoms with E-state index in [1.165, 1.54) is 6.07 Å². The number of ether oxygens (including phenoxy) is 1. The van der Waals surface area contributed by atoms with Gasteiger partial charge in [0.1, 0.15) is 6.61 Å². The van der Waals surface area contributed by atoms with E-state index in [1.54, 1.807) is 18.6 Å². The predicted molar refractivity (Wildman–Crippen MR) is 80.6 cm³/mol. The van der Waals surface area contributed by atoms with Crippen molar-refractivity contribution in [3.8, 4) is 5.75 Å². The summed E-state index contributed by atoms with van der Waals surface area (Å²) in [5, 5.41) is 3.19. The lowest BCUT2D eigenvalue weighted by atomic mass is 10.2. The average Bonchev–Trinajstić information content (AvgIpc) is 2.92. The van der Waals surface area contributed by atoms with Crippen LogP contribution in [0.15, 0.2) is 30.7 Å². The molecule has 0 spiro atoms. The molecule has 0 aliphatic rings. The van der Waals surface area contributed by atoms with Gasteiger partial charge in [0.2, 0.25) is 0 Å². The van der Waals surface area contributed by atoms with Crippen LogP contribution in [0, 0.1) is 5.82 Å². The second-order valence-corrected chi connectivity index (χ2v) is 4.88. The number of hydrogen-bond donors (Lipinski definition) is 1. The fourth-order valence-electron chi connectivity index (χ4n) is 2.17. The molecule has 21 heavy (non-hydrogen) atoms. The molecule has 0 saturated heterocycles. The Hall–Kier alpha value is -1.88. The maximum Gasteiger partial charge on any atom is 0.165 e. The molecule has 0 atom stereocenters. The first-order chi connectivity index (χ1) is 10.3. The summed E-state index contributed by atoms with van der Waals surface area (Å²) >= 11 is 0. The molecule has 5 heteroatoms. The van der Waals surface area contributed by atoms with Gasteiger partial charge in [-0.3, -0.25) is 0 Å². The highest BCUT2D eigenvalue weighted by atomic mass is 19.1. The number of imidazole rings is 1. The second kappa shape index (κ2) is 7.78. The first-order valence-electron chi connectivity index (χ1n) is 7.36. The summed E-state index contributed by atoms with van der Waals surface area (Å²) in [6.45, 7) is 6.76. The molecule has 0 aliphatic carbocycles. The summed E-state index contributed by atoms with van der Waals surface area (Å²) in [5.41, 5.74) is 1.79. The van der Waals surface area contributed by atoms with Crippen molar-refractivity contribution in [1.82, 2.24) is 14.9 Å². The molecule has 0 saturated carbocycles. The molecule has 1 heterocycles. The van der Waals surface area contributed by atoms with Crippen LogP contribution in [0.1, 0.15) is 31.5 Å². The first-order valence-corrected chi connectivity index (χ1v) is 7.36. The molecule has 0 radical (unpaired) electrons. The van der Waals surface area contributed by atoms with Crippen LogP contribution in [0.5, 0.6) is 5.75 Å². The average molecular weight is 291 g/mol. The van der Waals surface area contributed by atoms with E-state index >= 15 is 0 Å². The first kappa shape index (κ1) is 15.5. The summed E-state index contributed by atoms with van der Waals surface area (Å²) in [5.74, 6) is -0.00495. The smallest absolute Gasteiger partial charge is 0.165 e. The Kier molecular flexibility index (Phi) is 5.75. The summed E-state index contributed by atoms with van der Waals surface area (Å²) in [6.07, 6.45) is 4.57. The van der Waals surface area contributed by atoms with Crippen LogP contribution in [-0.2, 0) is 19.7 Å². The monoisotopic (exact) mass is 291 g/mol. The van der Waals surface area contributed by atoms with Crippen molar-refractivity contribution in [2.75, 3.05) is 6.54 Å². The highest BCUT2D eigenvalue weighted by Gasteiger charge is 2.11. The maximum atomic E-state index is 14.0. The van der Waals surface area contributed by atoms with Gasteiger partial charge < -0.3 is 14.6 Å². The zero-order valence-electron chi connectivity index (χ0n) is 12.6. The van der Waals surface area contributed by atoms with Gasteiger partial charge in [0.25, 0.3) is 0 Å². The molecule has 1 N–H and O–H groups in total. The van der Waals surface area contributed by atoms with Crippen molar-refractivity contribution >= 4 is 0 Å². The van der Waals surface area contributed by atoms with Gasteiger partial charge in [0.05, 0.1) is 18.2 Å². The third kappa shape index (κ3) is 4.04. The maximum absolute atomic E-state index is 14.0. The lowest BCUT2D eigenvalue weighted by Crippen LogP contribution is -2.14. The third-order valence-corrected chi connectivity index (χ3v) is 3.24. The molecule has 0 unspecified atom stereocenters. The van der Waals surface area contributed by atoms with E-state index in [0.29, 0.717) is 18.9 Å². The van der Waals surface area contributed by atoms with E-state index in [1.807, 2.05) is 17.6 Å². The van der Waals surface area contributed by atoms with Crippen LogP contribution in [-0.4, -0.2) is 16.1 Å². The molecule has 2 rings (SSSR count). The number of halogens is 1. The quantitative estimate of drug-likeness (QED) is 0.812. The second-order valence-electron chi connectivity index (χ2n) is 4.88. The SMILES string of the molecule is CCCn1cncc1COc1c(F)cccc1CNCC. The van der Waals surface area contributed by atoms with E-state index in [0.717, 1.165) is 30.8 Å². The van der Waals surface area contributed by atoms with Crippen LogP contribution in [0.25, 0.3) is 0 Å². The normalized spacial score (nSPS) is 10.8. The Morgan fingerprint density at radius 3 is 2.95 bits per heavy atom. The minimum atomic E-state index is -0.327. The molecule has 2 aromatic rings. The number of para-hydroxylation sites is 1.